The van der Waals surface area contributed by atoms with E-state index in [-0.39, 0.29) is 6.61 Å². The van der Waals surface area contributed by atoms with Crippen molar-refractivity contribution < 1.29 is 42.9 Å². The molecule has 5 atom stereocenters. The molecule has 9 nitrogen and oxygen atoms in total. The van der Waals surface area contributed by atoms with Crippen LogP contribution in [0.3, 0.4) is 0 Å². The summed E-state index contributed by atoms with van der Waals surface area (Å²) >= 11 is 5.16. The van der Waals surface area contributed by atoms with Crippen LogP contribution in [0.2, 0.25) is 0 Å². The van der Waals surface area contributed by atoms with Gasteiger partial charge in [0.1, 0.15) is 18.8 Å². The Bertz CT molecular complexity index is 1260. The van der Waals surface area contributed by atoms with E-state index in [1.807, 2.05) is 18.4 Å². The van der Waals surface area contributed by atoms with Crippen molar-refractivity contribution in [2.75, 3.05) is 12.9 Å². The van der Waals surface area contributed by atoms with Crippen molar-refractivity contribution in [3.63, 3.8) is 0 Å². The van der Waals surface area contributed by atoms with Gasteiger partial charge in [-0.3, -0.25) is 19.2 Å². The molecule has 0 unspecified atom stereocenters. The van der Waals surface area contributed by atoms with E-state index in [4.69, 9.17) is 23.7 Å². The minimum Gasteiger partial charge on any atom is -0.463 e. The molecular weight excluding hydrogens is 616 g/mol. The van der Waals surface area contributed by atoms with Crippen molar-refractivity contribution in [3.05, 3.63) is 63.1 Å². The van der Waals surface area contributed by atoms with Gasteiger partial charge in [-0.2, -0.15) is 0 Å². The lowest BCUT2D eigenvalue weighted by molar-refractivity contribution is -0.254. The van der Waals surface area contributed by atoms with E-state index in [0.717, 1.165) is 26.9 Å². The molecule has 1 fully saturated rings. The number of hydrogen-bond acceptors (Lipinski definition) is 10. The van der Waals surface area contributed by atoms with Crippen LogP contribution in [0.4, 0.5) is 0 Å². The summed E-state index contributed by atoms with van der Waals surface area (Å²) in [5.41, 5.74) is 3.98. The lowest BCUT2D eigenvalue weighted by atomic mass is 9.89. The van der Waals surface area contributed by atoms with Crippen LogP contribution in [0.25, 0.3) is 0 Å². The molecule has 0 aromatic heterocycles. The first-order valence-corrected chi connectivity index (χ1v) is 15.2. The molecule has 41 heavy (non-hydrogen) atoms. The summed E-state index contributed by atoms with van der Waals surface area (Å²) in [6.45, 7) is 6.70. The average Bonchev–Trinajstić information content (AvgIpc) is 2.90. The molecule has 0 aliphatic carbocycles. The SMILES string of the molecule is CCc1ccc(Cc2cc([C@@H]3O[C@H](COC(C)=O)[C@@H](OC(C)=O)[C@H](OC(C)=O)[C@H]3OC(C)=O)c(SC)cc2Br)cc1. The highest BCUT2D eigenvalue weighted by atomic mass is 79.9. The van der Waals surface area contributed by atoms with Crippen molar-refractivity contribution >= 4 is 51.6 Å². The maximum atomic E-state index is 12.3. The zero-order valence-electron chi connectivity index (χ0n) is 23.9. The molecule has 11 heteroatoms. The van der Waals surface area contributed by atoms with Gasteiger partial charge in [0.05, 0.1) is 0 Å². The standard InChI is InChI=1S/C30H35BrO9S/c1-7-20-8-10-21(11-9-20)12-22-13-23(26(41-6)14-24(22)31)27-29(38-18(4)34)30(39-19(5)35)28(37-17(3)33)25(40-27)15-36-16(2)32/h8-11,13-14,25,27-30H,7,12,15H2,1-6H3/t25-,27+,28-,29+,30+/m1/s1. The van der Waals surface area contributed by atoms with Gasteiger partial charge >= 0.3 is 23.9 Å². The van der Waals surface area contributed by atoms with E-state index in [0.29, 0.717) is 12.0 Å². The molecule has 2 aromatic rings. The minimum absolute atomic E-state index is 0.282. The Hall–Kier alpha value is -2.89. The maximum absolute atomic E-state index is 12.3. The highest BCUT2D eigenvalue weighted by Crippen LogP contribution is 2.42. The molecule has 0 radical (unpaired) electrons. The Morgan fingerprint density at radius 2 is 1.39 bits per heavy atom. The second-order valence-corrected chi connectivity index (χ2v) is 11.4. The summed E-state index contributed by atoms with van der Waals surface area (Å²) in [4.78, 5) is 49.1. The van der Waals surface area contributed by atoms with E-state index < -0.39 is 54.4 Å². The molecule has 2 aromatic carbocycles. The molecule has 0 amide bonds. The molecule has 1 saturated heterocycles. The third-order valence-corrected chi connectivity index (χ3v) is 8.05. The van der Waals surface area contributed by atoms with E-state index in [2.05, 4.69) is 47.1 Å². The van der Waals surface area contributed by atoms with Gasteiger partial charge in [0.25, 0.3) is 0 Å². The molecule has 0 saturated carbocycles. The number of esters is 4. The fourth-order valence-corrected chi connectivity index (χ4v) is 6.03. The normalized spacial score (nSPS) is 22.0. The fraction of sp³-hybridized carbons (Fsp3) is 0.467. The first kappa shape index (κ1) is 32.6. The lowest BCUT2D eigenvalue weighted by Gasteiger charge is -2.45. The smallest absolute Gasteiger partial charge is 0.303 e. The van der Waals surface area contributed by atoms with E-state index in [9.17, 15) is 19.2 Å². The number of carbonyl (C=O) groups is 4. The fourth-order valence-electron chi connectivity index (χ4n) is 4.74. The van der Waals surface area contributed by atoms with Crippen LogP contribution in [0.5, 0.6) is 0 Å². The van der Waals surface area contributed by atoms with Crippen molar-refractivity contribution in [1.29, 1.82) is 0 Å². The topological polar surface area (TPSA) is 114 Å². The zero-order chi connectivity index (χ0) is 30.3. The largest absolute Gasteiger partial charge is 0.463 e. The predicted octanol–water partition coefficient (Wildman–Crippen LogP) is 5.12. The molecule has 0 bridgehead atoms. The van der Waals surface area contributed by atoms with E-state index in [1.165, 1.54) is 45.0 Å². The van der Waals surface area contributed by atoms with E-state index in [1.54, 1.807) is 0 Å². The number of benzene rings is 2. The van der Waals surface area contributed by atoms with Crippen LogP contribution in [-0.2, 0) is 55.7 Å². The molecule has 3 rings (SSSR count). The number of ether oxygens (including phenoxy) is 5. The lowest BCUT2D eigenvalue weighted by Crippen LogP contribution is -2.59. The number of aryl methyl sites for hydroxylation is 1. The Morgan fingerprint density at radius 3 is 1.93 bits per heavy atom. The summed E-state index contributed by atoms with van der Waals surface area (Å²) in [5.74, 6) is -2.55. The van der Waals surface area contributed by atoms with Crippen LogP contribution in [0.1, 0.15) is 63.0 Å². The molecule has 0 spiro atoms. The summed E-state index contributed by atoms with van der Waals surface area (Å²) in [7, 11) is 0. The van der Waals surface area contributed by atoms with Gasteiger partial charge in [-0.1, -0.05) is 53.2 Å². The summed E-state index contributed by atoms with van der Waals surface area (Å²) in [5, 5.41) is 0. The van der Waals surface area contributed by atoms with Crippen molar-refractivity contribution in [1.82, 2.24) is 0 Å². The van der Waals surface area contributed by atoms with Crippen molar-refractivity contribution in [2.24, 2.45) is 0 Å². The summed E-state index contributed by atoms with van der Waals surface area (Å²) in [6.07, 6.45) is -2.13. The molecule has 1 heterocycles. The van der Waals surface area contributed by atoms with Gasteiger partial charge in [-0.25, -0.2) is 0 Å². The van der Waals surface area contributed by atoms with E-state index >= 15 is 0 Å². The van der Waals surface area contributed by atoms with Crippen LogP contribution >= 0.6 is 27.7 Å². The van der Waals surface area contributed by atoms with Gasteiger partial charge < -0.3 is 23.7 Å². The van der Waals surface area contributed by atoms with Crippen LogP contribution in [0.15, 0.2) is 45.8 Å². The van der Waals surface area contributed by atoms with Gasteiger partial charge in [0.2, 0.25) is 0 Å². The van der Waals surface area contributed by atoms with Gasteiger partial charge in [0.15, 0.2) is 18.3 Å². The Kier molecular flexibility index (Phi) is 11.8. The minimum atomic E-state index is -1.23. The summed E-state index contributed by atoms with van der Waals surface area (Å²) in [6, 6.07) is 12.3. The molecule has 0 N–H and O–H groups in total. The Balaban J connectivity index is 2.14. The van der Waals surface area contributed by atoms with Crippen molar-refractivity contribution in [3.8, 4) is 0 Å². The molecule has 222 valence electrons. The third kappa shape index (κ3) is 8.80. The maximum Gasteiger partial charge on any atom is 0.303 e. The second-order valence-electron chi connectivity index (χ2n) is 9.65. The third-order valence-electron chi connectivity index (χ3n) is 6.52. The van der Waals surface area contributed by atoms with Gasteiger partial charge in [-0.15, -0.1) is 11.8 Å². The van der Waals surface area contributed by atoms with Crippen LogP contribution < -0.4 is 0 Å². The van der Waals surface area contributed by atoms with Crippen LogP contribution in [-0.4, -0.2) is 61.2 Å². The average molecular weight is 652 g/mol. The summed E-state index contributed by atoms with van der Waals surface area (Å²) < 4.78 is 29.4. The number of thioether (sulfide) groups is 1. The number of halogens is 1. The molecular formula is C30H35BrO9S. The first-order valence-electron chi connectivity index (χ1n) is 13.2. The number of rotatable bonds is 10. The zero-order valence-corrected chi connectivity index (χ0v) is 26.3. The number of hydrogen-bond donors (Lipinski definition) is 0. The number of carbonyl (C=O) groups excluding carboxylic acids is 4. The quantitative estimate of drug-likeness (QED) is 0.195. The predicted molar refractivity (Wildman–Crippen MR) is 155 cm³/mol. The van der Waals surface area contributed by atoms with Crippen LogP contribution in [0, 0.1) is 0 Å². The highest BCUT2D eigenvalue weighted by Gasteiger charge is 2.53. The second kappa shape index (κ2) is 14.8. The molecule has 1 aliphatic heterocycles. The highest BCUT2D eigenvalue weighted by molar-refractivity contribution is 9.10. The van der Waals surface area contributed by atoms with Crippen molar-refractivity contribution in [2.45, 2.75) is 82.9 Å². The molecule has 1 aliphatic rings. The van der Waals surface area contributed by atoms with Gasteiger partial charge in [0, 0.05) is 37.1 Å². The first-order chi connectivity index (χ1) is 19.4. The Morgan fingerprint density at radius 1 is 0.829 bits per heavy atom. The monoisotopic (exact) mass is 650 g/mol. The Labute approximate surface area is 252 Å². The van der Waals surface area contributed by atoms with Gasteiger partial charge in [-0.05, 0) is 47.4 Å².